The van der Waals surface area contributed by atoms with E-state index in [1.807, 2.05) is 0 Å². The molecule has 132 valence electrons. The van der Waals surface area contributed by atoms with Gasteiger partial charge in [0, 0.05) is 19.2 Å². The number of hydrogen-bond donors (Lipinski definition) is 1. The predicted octanol–water partition coefficient (Wildman–Crippen LogP) is 3.79. The van der Waals surface area contributed by atoms with Crippen molar-refractivity contribution in [1.29, 1.82) is 0 Å². The maximum atomic E-state index is 12.5. The summed E-state index contributed by atoms with van der Waals surface area (Å²) in [5.41, 5.74) is 0.622. The number of hydrogen-bond acceptors (Lipinski definition) is 4. The Bertz CT molecular complexity index is 621. The number of anilines is 1. The van der Waals surface area contributed by atoms with Gasteiger partial charge in [0.25, 0.3) is 0 Å². The van der Waals surface area contributed by atoms with E-state index in [-0.39, 0.29) is 16.6 Å². The van der Waals surface area contributed by atoms with Crippen molar-refractivity contribution in [2.45, 2.75) is 26.2 Å². The Morgan fingerprint density at radius 1 is 1.38 bits per heavy atom. The molecule has 0 bridgehead atoms. The van der Waals surface area contributed by atoms with Crippen LogP contribution in [-0.4, -0.2) is 44.2 Å². The summed E-state index contributed by atoms with van der Waals surface area (Å²) in [5.74, 6) is 0.288. The number of amides is 2. The first-order valence-electron chi connectivity index (χ1n) is 8.01. The van der Waals surface area contributed by atoms with Gasteiger partial charge >= 0.3 is 12.0 Å². The average molecular weight is 355 g/mol. The first kappa shape index (κ1) is 18.4. The van der Waals surface area contributed by atoms with Gasteiger partial charge in [0.05, 0.1) is 24.9 Å². The zero-order valence-electron chi connectivity index (χ0n) is 14.2. The fraction of sp³-hybridized carbons (Fsp3) is 0.529. The molecule has 2 rings (SSSR count). The standard InChI is InChI=1S/C17H23ClN2O4/c1-4-11-6-5-7-20(10-11)17(22)19-14-9-15(23-2)12(8-13(14)18)16(21)24-3/h8-9,11H,4-7,10H2,1-3H3,(H,19,22)/t11-/m0/s1. The van der Waals surface area contributed by atoms with Crippen molar-refractivity contribution >= 4 is 29.3 Å². The third kappa shape index (κ3) is 4.12. The second-order valence-corrected chi connectivity index (χ2v) is 6.22. The molecule has 24 heavy (non-hydrogen) atoms. The van der Waals surface area contributed by atoms with Crippen LogP contribution in [0.4, 0.5) is 10.5 Å². The van der Waals surface area contributed by atoms with Crippen LogP contribution in [0.1, 0.15) is 36.5 Å². The van der Waals surface area contributed by atoms with Gasteiger partial charge in [0.2, 0.25) is 0 Å². The number of esters is 1. The molecule has 0 saturated carbocycles. The Kier molecular flexibility index (Phi) is 6.31. The zero-order chi connectivity index (χ0) is 17.7. The number of methoxy groups -OCH3 is 2. The molecule has 1 N–H and O–H groups in total. The van der Waals surface area contributed by atoms with E-state index in [2.05, 4.69) is 12.2 Å². The Hall–Kier alpha value is -1.95. The van der Waals surface area contributed by atoms with E-state index in [4.69, 9.17) is 21.1 Å². The van der Waals surface area contributed by atoms with Gasteiger partial charge < -0.3 is 19.7 Å². The third-order valence-electron chi connectivity index (χ3n) is 4.32. The molecule has 1 aromatic carbocycles. The van der Waals surface area contributed by atoms with Crippen LogP contribution in [0.3, 0.4) is 0 Å². The van der Waals surface area contributed by atoms with E-state index in [0.717, 1.165) is 32.4 Å². The molecule has 1 aliphatic heterocycles. The summed E-state index contributed by atoms with van der Waals surface area (Å²) in [4.78, 5) is 26.0. The van der Waals surface area contributed by atoms with Crippen LogP contribution in [0.5, 0.6) is 5.75 Å². The molecule has 1 aliphatic rings. The van der Waals surface area contributed by atoms with Crippen LogP contribution in [0, 0.1) is 5.92 Å². The summed E-state index contributed by atoms with van der Waals surface area (Å²) >= 11 is 6.20. The zero-order valence-corrected chi connectivity index (χ0v) is 15.0. The highest BCUT2D eigenvalue weighted by Crippen LogP contribution is 2.32. The topological polar surface area (TPSA) is 67.9 Å². The van der Waals surface area contributed by atoms with Gasteiger partial charge in [-0.1, -0.05) is 24.9 Å². The van der Waals surface area contributed by atoms with Gasteiger partial charge in [-0.05, 0) is 24.8 Å². The first-order valence-corrected chi connectivity index (χ1v) is 8.39. The molecule has 1 atom stereocenters. The van der Waals surface area contributed by atoms with Crippen molar-refractivity contribution in [3.8, 4) is 5.75 Å². The lowest BCUT2D eigenvalue weighted by Crippen LogP contribution is -2.42. The van der Waals surface area contributed by atoms with E-state index in [0.29, 0.717) is 17.4 Å². The molecule has 0 unspecified atom stereocenters. The molecule has 7 heteroatoms. The van der Waals surface area contributed by atoms with E-state index in [1.54, 1.807) is 4.90 Å². The molecule has 6 nitrogen and oxygen atoms in total. The van der Waals surface area contributed by atoms with Crippen molar-refractivity contribution in [2.75, 3.05) is 32.6 Å². The number of piperidine rings is 1. The van der Waals surface area contributed by atoms with Crippen molar-refractivity contribution in [2.24, 2.45) is 5.92 Å². The normalized spacial score (nSPS) is 17.3. The fourth-order valence-corrected chi connectivity index (χ4v) is 3.08. The van der Waals surface area contributed by atoms with E-state index in [9.17, 15) is 9.59 Å². The van der Waals surface area contributed by atoms with Crippen LogP contribution in [0.2, 0.25) is 5.02 Å². The Labute approximate surface area is 147 Å². The number of benzene rings is 1. The third-order valence-corrected chi connectivity index (χ3v) is 4.63. The fourth-order valence-electron chi connectivity index (χ4n) is 2.86. The first-order chi connectivity index (χ1) is 11.5. The highest BCUT2D eigenvalue weighted by atomic mass is 35.5. The summed E-state index contributed by atoms with van der Waals surface area (Å²) in [6.07, 6.45) is 3.22. The van der Waals surface area contributed by atoms with Crippen LogP contribution in [0.25, 0.3) is 0 Å². The van der Waals surface area contributed by atoms with Gasteiger partial charge in [0.1, 0.15) is 11.3 Å². The van der Waals surface area contributed by atoms with Crippen LogP contribution >= 0.6 is 11.6 Å². The molecule has 1 heterocycles. The maximum Gasteiger partial charge on any atom is 0.341 e. The predicted molar refractivity (Wildman–Crippen MR) is 93.0 cm³/mol. The summed E-state index contributed by atoms with van der Waals surface area (Å²) in [5, 5.41) is 3.06. The molecule has 0 spiro atoms. The highest BCUT2D eigenvalue weighted by Gasteiger charge is 2.24. The molecule has 0 aromatic heterocycles. The number of ether oxygens (including phenoxy) is 2. The SMILES string of the molecule is CC[C@H]1CCCN(C(=O)Nc2cc(OC)c(C(=O)OC)cc2Cl)C1. The Balaban J connectivity index is 2.17. The minimum atomic E-state index is -0.548. The lowest BCUT2D eigenvalue weighted by atomic mass is 9.96. The van der Waals surface area contributed by atoms with Gasteiger partial charge in [-0.3, -0.25) is 0 Å². The van der Waals surface area contributed by atoms with Crippen molar-refractivity contribution < 1.29 is 19.1 Å². The van der Waals surface area contributed by atoms with E-state index in [1.165, 1.54) is 26.4 Å². The van der Waals surface area contributed by atoms with Crippen LogP contribution < -0.4 is 10.1 Å². The summed E-state index contributed by atoms with van der Waals surface area (Å²) in [6.45, 7) is 3.62. The van der Waals surface area contributed by atoms with E-state index >= 15 is 0 Å². The summed E-state index contributed by atoms with van der Waals surface area (Å²) in [6, 6.07) is 2.78. The summed E-state index contributed by atoms with van der Waals surface area (Å²) in [7, 11) is 2.73. The molecule has 1 fully saturated rings. The van der Waals surface area contributed by atoms with Gasteiger partial charge in [-0.15, -0.1) is 0 Å². The second-order valence-electron chi connectivity index (χ2n) is 5.82. The lowest BCUT2D eigenvalue weighted by molar-refractivity contribution is 0.0597. The molecular formula is C17H23ClN2O4. The Morgan fingerprint density at radius 2 is 2.12 bits per heavy atom. The van der Waals surface area contributed by atoms with Gasteiger partial charge in [-0.2, -0.15) is 0 Å². The summed E-state index contributed by atoms with van der Waals surface area (Å²) < 4.78 is 9.90. The monoisotopic (exact) mass is 354 g/mol. The van der Waals surface area contributed by atoms with Crippen LogP contribution in [0.15, 0.2) is 12.1 Å². The van der Waals surface area contributed by atoms with Crippen molar-refractivity contribution in [1.82, 2.24) is 4.90 Å². The smallest absolute Gasteiger partial charge is 0.341 e. The number of nitrogens with zero attached hydrogens (tertiary/aromatic N) is 1. The number of rotatable bonds is 4. The second kappa shape index (κ2) is 8.24. The quantitative estimate of drug-likeness (QED) is 0.835. The number of carbonyl (C=O) groups excluding carboxylic acids is 2. The molecule has 1 saturated heterocycles. The minimum absolute atomic E-state index is 0.192. The molecule has 1 aromatic rings. The van der Waals surface area contributed by atoms with Gasteiger partial charge in [-0.25, -0.2) is 9.59 Å². The van der Waals surface area contributed by atoms with Crippen molar-refractivity contribution in [3.05, 3.63) is 22.7 Å². The Morgan fingerprint density at radius 3 is 2.75 bits per heavy atom. The average Bonchev–Trinajstić information content (AvgIpc) is 2.62. The van der Waals surface area contributed by atoms with Crippen LogP contribution in [-0.2, 0) is 4.74 Å². The molecule has 0 radical (unpaired) electrons. The minimum Gasteiger partial charge on any atom is -0.496 e. The number of halogens is 1. The molecule has 2 amide bonds. The number of likely N-dealkylation sites (tertiary alicyclic amines) is 1. The van der Waals surface area contributed by atoms with E-state index < -0.39 is 5.97 Å². The highest BCUT2D eigenvalue weighted by molar-refractivity contribution is 6.34. The number of urea groups is 1. The lowest BCUT2D eigenvalue weighted by Gasteiger charge is -2.32. The maximum absolute atomic E-state index is 12.5. The molecular weight excluding hydrogens is 332 g/mol. The van der Waals surface area contributed by atoms with Crippen molar-refractivity contribution in [3.63, 3.8) is 0 Å². The number of carbonyl (C=O) groups is 2. The number of nitrogens with one attached hydrogen (secondary N) is 1. The van der Waals surface area contributed by atoms with Gasteiger partial charge in [0.15, 0.2) is 0 Å². The largest absolute Gasteiger partial charge is 0.496 e. The molecule has 0 aliphatic carbocycles.